The molecule has 0 fully saturated rings. The molecule has 1 aliphatic rings. The van der Waals surface area contributed by atoms with Gasteiger partial charge in [-0.15, -0.1) is 0 Å². The number of nitrogens with one attached hydrogen (secondary N) is 1. The maximum absolute atomic E-state index is 13.3. The number of rotatable bonds is 3. The highest BCUT2D eigenvalue weighted by Crippen LogP contribution is 2.16. The van der Waals surface area contributed by atoms with Crippen molar-refractivity contribution >= 4 is 5.95 Å². The van der Waals surface area contributed by atoms with Crippen molar-refractivity contribution in [2.45, 2.75) is 19.4 Å². The molecular weight excluding hydrogens is 314 g/mol. The molecule has 5 nitrogen and oxygen atoms in total. The van der Waals surface area contributed by atoms with Gasteiger partial charge in [0.25, 0.3) is 5.56 Å². The summed E-state index contributed by atoms with van der Waals surface area (Å²) in [5.74, 6) is -1.12. The summed E-state index contributed by atoms with van der Waals surface area (Å²) >= 11 is 0. The average Bonchev–Trinajstić information content (AvgIpc) is 2.74. The van der Waals surface area contributed by atoms with Crippen molar-refractivity contribution in [1.29, 1.82) is 0 Å². The molecule has 24 heavy (non-hydrogen) atoms. The summed E-state index contributed by atoms with van der Waals surface area (Å²) in [5, 5.41) is 0. The summed E-state index contributed by atoms with van der Waals surface area (Å²) in [6, 6.07) is 3.96. The number of benzene rings is 1. The lowest BCUT2D eigenvalue weighted by atomic mass is 10.1. The van der Waals surface area contributed by atoms with Crippen molar-refractivity contribution < 1.29 is 8.78 Å². The zero-order valence-corrected chi connectivity index (χ0v) is 13.8. The topological polar surface area (TPSA) is 52.2 Å². The SMILES string of the molecule is CN(C)c1nc2c(c(=O)[nH]1)CCN(Cc1ccc(F)c(F)c1)CC2. The minimum atomic E-state index is -0.839. The zero-order valence-electron chi connectivity index (χ0n) is 13.8. The summed E-state index contributed by atoms with van der Waals surface area (Å²) in [6.45, 7) is 1.91. The third-order valence-electron chi connectivity index (χ3n) is 4.25. The van der Waals surface area contributed by atoms with Crippen LogP contribution >= 0.6 is 0 Å². The first-order valence-corrected chi connectivity index (χ1v) is 7.89. The first-order chi connectivity index (χ1) is 11.4. The van der Waals surface area contributed by atoms with E-state index in [1.165, 1.54) is 6.07 Å². The lowest BCUT2D eigenvalue weighted by Crippen LogP contribution is -2.26. The van der Waals surface area contributed by atoms with Gasteiger partial charge in [0, 0.05) is 45.7 Å². The molecule has 0 atom stereocenters. The second-order valence-electron chi connectivity index (χ2n) is 6.23. The molecule has 0 aliphatic carbocycles. The van der Waals surface area contributed by atoms with E-state index in [1.54, 1.807) is 11.0 Å². The van der Waals surface area contributed by atoms with E-state index in [0.717, 1.165) is 23.9 Å². The molecule has 0 spiro atoms. The van der Waals surface area contributed by atoms with E-state index in [4.69, 9.17) is 0 Å². The minimum absolute atomic E-state index is 0.0987. The predicted octanol–water partition coefficient (Wildman–Crippen LogP) is 1.71. The van der Waals surface area contributed by atoms with Crippen LogP contribution in [-0.2, 0) is 19.4 Å². The fourth-order valence-electron chi connectivity index (χ4n) is 2.91. The Bertz CT molecular complexity index is 804. The number of halogens is 2. The molecule has 1 aromatic heterocycles. The second kappa shape index (κ2) is 6.68. The van der Waals surface area contributed by atoms with Gasteiger partial charge in [-0.05, 0) is 24.1 Å². The standard InChI is InChI=1S/C17H20F2N4O/c1-22(2)17-20-15-6-8-23(7-5-12(15)16(24)21-17)10-11-3-4-13(18)14(19)9-11/h3-4,9H,5-8,10H2,1-2H3,(H,20,21,24). The number of aromatic amines is 1. The third-order valence-corrected chi connectivity index (χ3v) is 4.25. The van der Waals surface area contributed by atoms with Gasteiger partial charge in [-0.1, -0.05) is 6.07 Å². The maximum Gasteiger partial charge on any atom is 0.255 e. The van der Waals surface area contributed by atoms with Gasteiger partial charge >= 0.3 is 0 Å². The monoisotopic (exact) mass is 334 g/mol. The van der Waals surface area contributed by atoms with Crippen molar-refractivity contribution in [2.75, 3.05) is 32.1 Å². The lowest BCUT2D eigenvalue weighted by Gasteiger charge is -2.19. The maximum atomic E-state index is 13.3. The summed E-state index contributed by atoms with van der Waals surface area (Å²) in [4.78, 5) is 23.5. The number of hydrogen-bond acceptors (Lipinski definition) is 4. The van der Waals surface area contributed by atoms with Gasteiger partial charge in [-0.3, -0.25) is 14.7 Å². The van der Waals surface area contributed by atoms with E-state index < -0.39 is 11.6 Å². The molecule has 0 saturated carbocycles. The van der Waals surface area contributed by atoms with Gasteiger partial charge in [0.1, 0.15) is 0 Å². The van der Waals surface area contributed by atoms with Gasteiger partial charge in [0.15, 0.2) is 11.6 Å². The van der Waals surface area contributed by atoms with Gasteiger partial charge < -0.3 is 4.90 Å². The molecule has 0 bridgehead atoms. The quantitative estimate of drug-likeness (QED) is 0.929. The van der Waals surface area contributed by atoms with E-state index in [0.29, 0.717) is 37.4 Å². The van der Waals surface area contributed by atoms with Gasteiger partial charge in [-0.2, -0.15) is 0 Å². The first-order valence-electron chi connectivity index (χ1n) is 7.89. The molecule has 128 valence electrons. The van der Waals surface area contributed by atoms with Crippen LogP contribution in [0.2, 0.25) is 0 Å². The van der Waals surface area contributed by atoms with Crippen LogP contribution in [0.4, 0.5) is 14.7 Å². The Morgan fingerprint density at radius 2 is 1.96 bits per heavy atom. The van der Waals surface area contributed by atoms with Crippen molar-refractivity contribution in [3.8, 4) is 0 Å². The normalized spacial score (nSPS) is 15.0. The second-order valence-corrected chi connectivity index (χ2v) is 6.23. The van der Waals surface area contributed by atoms with Crippen molar-refractivity contribution in [3.05, 3.63) is 57.0 Å². The molecule has 0 saturated heterocycles. The Morgan fingerprint density at radius 1 is 1.21 bits per heavy atom. The van der Waals surface area contributed by atoms with Crippen molar-refractivity contribution in [3.63, 3.8) is 0 Å². The van der Waals surface area contributed by atoms with Crippen LogP contribution in [-0.4, -0.2) is 42.1 Å². The molecule has 0 unspecified atom stereocenters. The van der Waals surface area contributed by atoms with Gasteiger partial charge in [0.05, 0.1) is 5.69 Å². The van der Waals surface area contributed by atoms with Crippen LogP contribution in [0.25, 0.3) is 0 Å². The van der Waals surface area contributed by atoms with Crippen LogP contribution in [0.3, 0.4) is 0 Å². The molecule has 2 aromatic rings. The molecule has 0 amide bonds. The first kappa shape index (κ1) is 16.6. The molecule has 1 aliphatic heterocycles. The van der Waals surface area contributed by atoms with Crippen LogP contribution < -0.4 is 10.5 Å². The van der Waals surface area contributed by atoms with E-state index in [-0.39, 0.29) is 5.56 Å². The Hall–Kier alpha value is -2.28. The largest absolute Gasteiger partial charge is 0.348 e. The lowest BCUT2D eigenvalue weighted by molar-refractivity contribution is 0.278. The van der Waals surface area contributed by atoms with Crippen LogP contribution in [0.5, 0.6) is 0 Å². The van der Waals surface area contributed by atoms with E-state index in [2.05, 4.69) is 14.9 Å². The Kier molecular flexibility index (Phi) is 4.62. The van der Waals surface area contributed by atoms with Gasteiger partial charge in [-0.25, -0.2) is 13.8 Å². The molecule has 7 heteroatoms. The highest BCUT2D eigenvalue weighted by atomic mass is 19.2. The molecule has 0 radical (unpaired) electrons. The highest BCUT2D eigenvalue weighted by Gasteiger charge is 2.19. The number of aromatic nitrogens is 2. The smallest absolute Gasteiger partial charge is 0.255 e. The third kappa shape index (κ3) is 3.46. The van der Waals surface area contributed by atoms with E-state index in [1.807, 2.05) is 14.1 Å². The number of fused-ring (bicyclic) bond motifs is 1. The molecule has 2 heterocycles. The summed E-state index contributed by atoms with van der Waals surface area (Å²) in [7, 11) is 3.66. The average molecular weight is 334 g/mol. The number of anilines is 1. The van der Waals surface area contributed by atoms with E-state index >= 15 is 0 Å². The fraction of sp³-hybridized carbons (Fsp3) is 0.412. The molecular formula is C17H20F2N4O. The predicted molar refractivity (Wildman–Crippen MR) is 88.2 cm³/mol. The Morgan fingerprint density at radius 3 is 2.67 bits per heavy atom. The molecule has 1 aromatic carbocycles. The van der Waals surface area contributed by atoms with Crippen LogP contribution in [0.1, 0.15) is 16.8 Å². The van der Waals surface area contributed by atoms with Crippen LogP contribution in [0.15, 0.2) is 23.0 Å². The Labute approximate surface area is 138 Å². The van der Waals surface area contributed by atoms with Crippen molar-refractivity contribution in [2.24, 2.45) is 0 Å². The highest BCUT2D eigenvalue weighted by molar-refractivity contribution is 5.32. The Balaban J connectivity index is 1.76. The number of nitrogens with zero attached hydrogens (tertiary/aromatic N) is 3. The molecule has 1 N–H and O–H groups in total. The van der Waals surface area contributed by atoms with Gasteiger partial charge in [0.2, 0.25) is 5.95 Å². The molecule has 3 rings (SSSR count). The number of hydrogen-bond donors (Lipinski definition) is 1. The van der Waals surface area contributed by atoms with Crippen LogP contribution in [0, 0.1) is 11.6 Å². The zero-order chi connectivity index (χ0) is 17.3. The van der Waals surface area contributed by atoms with Crippen molar-refractivity contribution in [1.82, 2.24) is 14.9 Å². The minimum Gasteiger partial charge on any atom is -0.348 e. The van der Waals surface area contributed by atoms with E-state index in [9.17, 15) is 13.6 Å². The number of H-pyrrole nitrogens is 1. The summed E-state index contributed by atoms with van der Waals surface area (Å²) in [6.07, 6.45) is 1.25. The summed E-state index contributed by atoms with van der Waals surface area (Å²) in [5.41, 5.74) is 2.15. The summed E-state index contributed by atoms with van der Waals surface area (Å²) < 4.78 is 26.4. The fourth-order valence-corrected chi connectivity index (χ4v) is 2.91.